The van der Waals surface area contributed by atoms with Crippen LogP contribution in [0.15, 0.2) is 0 Å². The monoisotopic (exact) mass is 445 g/mol. The molecule has 0 aromatic rings. The third-order valence-corrected chi connectivity index (χ3v) is 7.85. The van der Waals surface area contributed by atoms with Gasteiger partial charge in [0.2, 0.25) is 0 Å². The summed E-state index contributed by atoms with van der Waals surface area (Å²) in [5.41, 5.74) is -1.76. The minimum atomic E-state index is -2.74. The number of likely N-dealkylation sites (N-methyl/N-ethyl adjacent to an activating group) is 1. The summed E-state index contributed by atoms with van der Waals surface area (Å²) >= 11 is 0. The fourth-order valence-corrected chi connectivity index (χ4v) is 4.53. The summed E-state index contributed by atoms with van der Waals surface area (Å²) in [6.45, 7) is 12.7. The standard InChI is InChI=1S/C16H31NO.C6H8O7/c1-14(2,17(6)7)11-18-13-10-12-8-9-16(13,5)15(12,3)4;7-3(8)1-6(13,5(11)12)2-4(9)10/h12-13H,8-11H2,1-7H3;13H,1-2H2,(H,7,8)(H,9,10)(H,11,12). The Morgan fingerprint density at radius 2 is 1.52 bits per heavy atom. The van der Waals surface area contributed by atoms with Crippen molar-refractivity contribution in [3.63, 3.8) is 0 Å². The van der Waals surface area contributed by atoms with Gasteiger partial charge in [-0.3, -0.25) is 9.59 Å². The minimum absolute atomic E-state index is 0.127. The van der Waals surface area contributed by atoms with Crippen LogP contribution in [-0.4, -0.2) is 81.2 Å². The van der Waals surface area contributed by atoms with E-state index in [4.69, 9.17) is 25.2 Å². The number of ether oxygens (including phenoxy) is 1. The highest BCUT2D eigenvalue weighted by molar-refractivity contribution is 5.88. The molecule has 2 saturated carbocycles. The molecule has 9 heteroatoms. The smallest absolute Gasteiger partial charge is 0.336 e. The molecule has 0 aliphatic heterocycles. The number of aliphatic hydroxyl groups is 1. The van der Waals surface area contributed by atoms with Crippen LogP contribution in [0.4, 0.5) is 0 Å². The minimum Gasteiger partial charge on any atom is -0.481 e. The topological polar surface area (TPSA) is 145 Å². The first-order chi connectivity index (χ1) is 13.9. The van der Waals surface area contributed by atoms with Gasteiger partial charge in [0.25, 0.3) is 0 Å². The quantitative estimate of drug-likeness (QED) is 0.420. The summed E-state index contributed by atoms with van der Waals surface area (Å²) < 4.78 is 6.36. The molecule has 2 rings (SSSR count). The van der Waals surface area contributed by atoms with E-state index in [1.807, 2.05) is 0 Å². The van der Waals surface area contributed by atoms with Crippen molar-refractivity contribution in [3.8, 4) is 0 Å². The normalized spacial score (nSPS) is 27.0. The molecule has 0 heterocycles. The van der Waals surface area contributed by atoms with Gasteiger partial charge in [-0.1, -0.05) is 20.8 Å². The van der Waals surface area contributed by atoms with Crippen LogP contribution in [0.25, 0.3) is 0 Å². The Kier molecular flexibility index (Phi) is 8.30. The molecule has 0 amide bonds. The van der Waals surface area contributed by atoms with Crippen LogP contribution in [0.2, 0.25) is 0 Å². The number of carbonyl (C=O) groups is 3. The van der Waals surface area contributed by atoms with Crippen LogP contribution in [0.1, 0.15) is 66.7 Å². The lowest BCUT2D eigenvalue weighted by atomic mass is 9.70. The third kappa shape index (κ3) is 5.96. The molecule has 0 aromatic carbocycles. The van der Waals surface area contributed by atoms with Crippen molar-refractivity contribution in [2.45, 2.75) is 84.0 Å². The van der Waals surface area contributed by atoms with E-state index in [2.05, 4.69) is 53.6 Å². The Labute approximate surface area is 184 Å². The van der Waals surface area contributed by atoms with E-state index >= 15 is 0 Å². The summed E-state index contributed by atoms with van der Waals surface area (Å²) in [5.74, 6) is -4.15. The molecule has 0 radical (unpaired) electrons. The van der Waals surface area contributed by atoms with Crippen molar-refractivity contribution in [1.82, 2.24) is 4.90 Å². The zero-order valence-corrected chi connectivity index (χ0v) is 19.8. The van der Waals surface area contributed by atoms with Gasteiger partial charge in [-0.05, 0) is 64.0 Å². The lowest BCUT2D eigenvalue weighted by molar-refractivity contribution is -0.170. The number of nitrogens with zero attached hydrogens (tertiary/aromatic N) is 1. The molecule has 2 bridgehead atoms. The number of carboxylic acid groups (broad SMARTS) is 3. The second-order valence-electron chi connectivity index (χ2n) is 10.6. The van der Waals surface area contributed by atoms with Crippen LogP contribution in [0.5, 0.6) is 0 Å². The molecule has 31 heavy (non-hydrogen) atoms. The molecular weight excluding hydrogens is 406 g/mol. The Balaban J connectivity index is 0.000000330. The molecule has 180 valence electrons. The number of hydrogen-bond acceptors (Lipinski definition) is 6. The van der Waals surface area contributed by atoms with Gasteiger partial charge in [-0.15, -0.1) is 0 Å². The van der Waals surface area contributed by atoms with Crippen LogP contribution in [0.3, 0.4) is 0 Å². The number of rotatable bonds is 9. The van der Waals surface area contributed by atoms with E-state index in [1.54, 1.807) is 0 Å². The number of aliphatic carboxylic acids is 3. The van der Waals surface area contributed by atoms with Crippen LogP contribution >= 0.6 is 0 Å². The SMILES string of the molecule is CN(C)C(C)(C)COC1CC2CCC1(C)C2(C)C.O=C(O)CC(O)(CC(=O)O)C(=O)O. The molecule has 2 fully saturated rings. The second-order valence-corrected chi connectivity index (χ2v) is 10.6. The fourth-order valence-electron chi connectivity index (χ4n) is 4.53. The fraction of sp³-hybridized carbons (Fsp3) is 0.864. The van der Waals surface area contributed by atoms with E-state index in [9.17, 15) is 14.4 Å². The first-order valence-electron chi connectivity index (χ1n) is 10.6. The summed E-state index contributed by atoms with van der Waals surface area (Å²) in [6, 6.07) is 0. The van der Waals surface area contributed by atoms with E-state index in [0.29, 0.717) is 16.9 Å². The van der Waals surface area contributed by atoms with Crippen molar-refractivity contribution in [3.05, 3.63) is 0 Å². The molecule has 0 spiro atoms. The van der Waals surface area contributed by atoms with Crippen LogP contribution < -0.4 is 0 Å². The van der Waals surface area contributed by atoms with E-state index in [-0.39, 0.29) is 5.54 Å². The van der Waals surface area contributed by atoms with Gasteiger partial charge in [-0.25, -0.2) is 4.79 Å². The molecular formula is C22H39NO8. The van der Waals surface area contributed by atoms with Crippen molar-refractivity contribution < 1.29 is 39.5 Å². The average Bonchev–Trinajstić information content (AvgIpc) is 2.92. The molecule has 2 aliphatic rings. The van der Waals surface area contributed by atoms with Gasteiger partial charge >= 0.3 is 17.9 Å². The van der Waals surface area contributed by atoms with Crippen molar-refractivity contribution in [2.24, 2.45) is 16.7 Å². The van der Waals surface area contributed by atoms with Crippen molar-refractivity contribution in [1.29, 1.82) is 0 Å². The van der Waals surface area contributed by atoms with Crippen LogP contribution in [0, 0.1) is 16.7 Å². The van der Waals surface area contributed by atoms with E-state index in [0.717, 1.165) is 12.5 Å². The zero-order valence-electron chi connectivity index (χ0n) is 19.8. The first-order valence-corrected chi connectivity index (χ1v) is 10.6. The van der Waals surface area contributed by atoms with E-state index in [1.165, 1.54) is 19.3 Å². The third-order valence-electron chi connectivity index (χ3n) is 7.85. The zero-order chi connectivity index (χ0) is 24.4. The van der Waals surface area contributed by atoms with Gasteiger partial charge < -0.3 is 30.1 Å². The number of hydrogen-bond donors (Lipinski definition) is 4. The highest BCUT2D eigenvalue weighted by atomic mass is 16.5. The Hall–Kier alpha value is -1.71. The summed E-state index contributed by atoms with van der Waals surface area (Å²) in [7, 11) is 4.27. The van der Waals surface area contributed by atoms with Crippen molar-refractivity contribution >= 4 is 17.9 Å². The van der Waals surface area contributed by atoms with Gasteiger partial charge in [0.15, 0.2) is 5.60 Å². The van der Waals surface area contributed by atoms with Gasteiger partial charge in [0.05, 0.1) is 25.6 Å². The van der Waals surface area contributed by atoms with Gasteiger partial charge in [0.1, 0.15) is 0 Å². The highest BCUT2D eigenvalue weighted by Gasteiger charge is 2.62. The van der Waals surface area contributed by atoms with Crippen LogP contribution in [-0.2, 0) is 19.1 Å². The largest absolute Gasteiger partial charge is 0.481 e. The predicted molar refractivity (Wildman–Crippen MR) is 114 cm³/mol. The molecule has 0 saturated heterocycles. The molecule has 4 N–H and O–H groups in total. The van der Waals surface area contributed by atoms with Gasteiger partial charge in [0, 0.05) is 5.54 Å². The Bertz CT molecular complexity index is 671. The average molecular weight is 446 g/mol. The molecule has 3 atom stereocenters. The van der Waals surface area contributed by atoms with E-state index < -0.39 is 36.4 Å². The van der Waals surface area contributed by atoms with Crippen molar-refractivity contribution in [2.75, 3.05) is 20.7 Å². The Morgan fingerprint density at radius 1 is 1.03 bits per heavy atom. The predicted octanol–water partition coefficient (Wildman–Crippen LogP) is 2.31. The summed E-state index contributed by atoms with van der Waals surface area (Å²) in [6.07, 6.45) is 2.19. The molecule has 0 aromatic heterocycles. The lowest BCUT2D eigenvalue weighted by Gasteiger charge is -2.41. The Morgan fingerprint density at radius 3 is 1.81 bits per heavy atom. The number of carboxylic acids is 3. The maximum absolute atomic E-state index is 10.3. The maximum Gasteiger partial charge on any atom is 0.336 e. The highest BCUT2D eigenvalue weighted by Crippen LogP contribution is 2.66. The first kappa shape index (κ1) is 27.3. The lowest BCUT2D eigenvalue weighted by Crippen LogP contribution is -2.46. The molecule has 9 nitrogen and oxygen atoms in total. The number of fused-ring (bicyclic) bond motifs is 2. The second kappa shape index (κ2) is 9.42. The molecule has 3 unspecified atom stereocenters. The molecule has 2 aliphatic carbocycles. The summed E-state index contributed by atoms with van der Waals surface area (Å²) in [4.78, 5) is 32.7. The van der Waals surface area contributed by atoms with Gasteiger partial charge in [-0.2, -0.15) is 0 Å². The maximum atomic E-state index is 10.3. The summed E-state index contributed by atoms with van der Waals surface area (Å²) in [5, 5.41) is 33.8.